The Labute approximate surface area is 134 Å². The van der Waals surface area contributed by atoms with Gasteiger partial charge in [-0.1, -0.05) is 23.8 Å². The minimum absolute atomic E-state index is 0.177. The van der Waals surface area contributed by atoms with Gasteiger partial charge in [0.15, 0.2) is 0 Å². The Morgan fingerprint density at radius 2 is 2.24 bits per heavy atom. The molecule has 2 saturated heterocycles. The average Bonchev–Trinajstić information content (AvgIpc) is 2.46. The number of hydrogen-bond acceptors (Lipinski definition) is 3. The number of nitrogens with zero attached hydrogens (tertiary/aromatic N) is 1. The first-order valence-electron chi connectivity index (χ1n) is 7.18. The van der Waals surface area contributed by atoms with Crippen molar-refractivity contribution < 1.29 is 4.79 Å². The standard InChI is InChI=1S/C15H18ClN3OS/c16-10-2-3-11(15(17)21)13(7-10)19-6-5-12-9(8-19)1-4-14(20)18-12/h2-3,7,9,12H,1,4-6,8H2,(H2,17,21)(H,18,20). The topological polar surface area (TPSA) is 58.4 Å². The molecule has 4 nitrogen and oxygen atoms in total. The summed E-state index contributed by atoms with van der Waals surface area (Å²) >= 11 is 11.3. The van der Waals surface area contributed by atoms with Crippen molar-refractivity contribution >= 4 is 40.4 Å². The Morgan fingerprint density at radius 3 is 3.00 bits per heavy atom. The molecule has 0 aromatic heterocycles. The molecule has 2 unspecified atom stereocenters. The highest BCUT2D eigenvalue weighted by molar-refractivity contribution is 7.80. The Hall–Kier alpha value is -1.33. The van der Waals surface area contributed by atoms with E-state index in [4.69, 9.17) is 29.6 Å². The quantitative estimate of drug-likeness (QED) is 0.818. The minimum Gasteiger partial charge on any atom is -0.389 e. The minimum atomic E-state index is 0.177. The summed E-state index contributed by atoms with van der Waals surface area (Å²) in [5.74, 6) is 0.658. The fourth-order valence-electron chi connectivity index (χ4n) is 3.30. The lowest BCUT2D eigenvalue weighted by Gasteiger charge is -2.42. The Morgan fingerprint density at radius 1 is 1.43 bits per heavy atom. The zero-order valence-corrected chi connectivity index (χ0v) is 13.2. The Balaban J connectivity index is 1.84. The van der Waals surface area contributed by atoms with Gasteiger partial charge in [-0.25, -0.2) is 0 Å². The third-order valence-electron chi connectivity index (χ3n) is 4.39. The van der Waals surface area contributed by atoms with E-state index in [1.54, 1.807) is 0 Å². The normalized spacial score (nSPS) is 25.2. The third-order valence-corrected chi connectivity index (χ3v) is 4.84. The highest BCUT2D eigenvalue weighted by Crippen LogP contribution is 2.32. The van der Waals surface area contributed by atoms with Crippen LogP contribution < -0.4 is 16.0 Å². The van der Waals surface area contributed by atoms with Gasteiger partial charge in [-0.15, -0.1) is 0 Å². The van der Waals surface area contributed by atoms with Crippen LogP contribution in [0.25, 0.3) is 0 Å². The number of nitrogens with one attached hydrogen (secondary N) is 1. The molecule has 6 heteroatoms. The van der Waals surface area contributed by atoms with Gasteiger partial charge in [-0.3, -0.25) is 4.79 Å². The number of rotatable bonds is 2. The number of hydrogen-bond donors (Lipinski definition) is 2. The SMILES string of the molecule is NC(=S)c1ccc(Cl)cc1N1CCC2NC(=O)CCC2C1. The summed E-state index contributed by atoms with van der Waals surface area (Å²) in [6.45, 7) is 1.78. The number of halogens is 1. The van der Waals surface area contributed by atoms with Gasteiger partial charge in [0, 0.05) is 41.8 Å². The van der Waals surface area contributed by atoms with Gasteiger partial charge >= 0.3 is 0 Å². The number of carbonyl (C=O) groups is 1. The number of thiocarbonyl (C=S) groups is 1. The van der Waals surface area contributed by atoms with Gasteiger partial charge in [0.1, 0.15) is 4.99 Å². The maximum absolute atomic E-state index is 11.5. The van der Waals surface area contributed by atoms with Crippen molar-refractivity contribution in [1.29, 1.82) is 0 Å². The maximum atomic E-state index is 11.5. The van der Waals surface area contributed by atoms with E-state index in [9.17, 15) is 4.79 Å². The fraction of sp³-hybridized carbons (Fsp3) is 0.467. The van der Waals surface area contributed by atoms with E-state index in [-0.39, 0.29) is 5.91 Å². The van der Waals surface area contributed by atoms with Crippen LogP contribution in [0.15, 0.2) is 18.2 Å². The summed E-state index contributed by atoms with van der Waals surface area (Å²) in [5, 5.41) is 3.78. The third kappa shape index (κ3) is 2.99. The van der Waals surface area contributed by atoms with Gasteiger partial charge in [0.05, 0.1) is 0 Å². The number of anilines is 1. The summed E-state index contributed by atoms with van der Waals surface area (Å²) in [6, 6.07) is 5.93. The molecular formula is C15H18ClN3OS. The fourth-order valence-corrected chi connectivity index (χ4v) is 3.64. The van der Waals surface area contributed by atoms with Gasteiger partial charge in [-0.05, 0) is 37.0 Å². The van der Waals surface area contributed by atoms with Crippen LogP contribution in [0.4, 0.5) is 5.69 Å². The van der Waals surface area contributed by atoms with E-state index >= 15 is 0 Å². The zero-order chi connectivity index (χ0) is 15.0. The van der Waals surface area contributed by atoms with Crippen molar-refractivity contribution in [3.8, 4) is 0 Å². The molecule has 2 aliphatic rings. The second-order valence-electron chi connectivity index (χ2n) is 5.73. The highest BCUT2D eigenvalue weighted by Gasteiger charge is 2.34. The summed E-state index contributed by atoms with van der Waals surface area (Å²) in [5.41, 5.74) is 7.70. The van der Waals surface area contributed by atoms with Crippen LogP contribution >= 0.6 is 23.8 Å². The van der Waals surface area contributed by atoms with Crippen molar-refractivity contribution in [1.82, 2.24) is 5.32 Å². The van der Waals surface area contributed by atoms with E-state index in [2.05, 4.69) is 10.2 Å². The first-order valence-corrected chi connectivity index (χ1v) is 7.97. The van der Waals surface area contributed by atoms with Crippen molar-refractivity contribution in [2.24, 2.45) is 11.7 Å². The lowest BCUT2D eigenvalue weighted by Crippen LogP contribution is -2.54. The summed E-state index contributed by atoms with van der Waals surface area (Å²) < 4.78 is 0. The van der Waals surface area contributed by atoms with E-state index in [0.717, 1.165) is 37.2 Å². The molecule has 1 aromatic carbocycles. The van der Waals surface area contributed by atoms with Crippen LogP contribution in [0.2, 0.25) is 5.02 Å². The van der Waals surface area contributed by atoms with Crippen LogP contribution in [-0.2, 0) is 4.79 Å². The van der Waals surface area contributed by atoms with Crippen molar-refractivity contribution in [3.05, 3.63) is 28.8 Å². The molecule has 1 aromatic rings. The highest BCUT2D eigenvalue weighted by atomic mass is 35.5. The summed E-state index contributed by atoms with van der Waals surface area (Å²) in [6.07, 6.45) is 2.50. The smallest absolute Gasteiger partial charge is 0.220 e. The number of nitrogens with two attached hydrogens (primary N) is 1. The number of piperidine rings is 2. The van der Waals surface area contributed by atoms with Crippen molar-refractivity contribution in [3.63, 3.8) is 0 Å². The van der Waals surface area contributed by atoms with Gasteiger partial charge in [0.25, 0.3) is 0 Å². The summed E-state index contributed by atoms with van der Waals surface area (Å²) in [7, 11) is 0. The monoisotopic (exact) mass is 323 g/mol. The average molecular weight is 324 g/mol. The van der Waals surface area contributed by atoms with Crippen LogP contribution in [-0.4, -0.2) is 30.0 Å². The Bertz CT molecular complexity index is 592. The van der Waals surface area contributed by atoms with E-state index < -0.39 is 0 Å². The number of amides is 1. The van der Waals surface area contributed by atoms with Crippen LogP contribution in [0, 0.1) is 5.92 Å². The van der Waals surface area contributed by atoms with Gasteiger partial charge in [0.2, 0.25) is 5.91 Å². The predicted molar refractivity (Wildman–Crippen MR) is 88.8 cm³/mol. The molecule has 3 N–H and O–H groups in total. The molecule has 2 heterocycles. The lowest BCUT2D eigenvalue weighted by atomic mass is 9.85. The first kappa shape index (κ1) is 14.6. The van der Waals surface area contributed by atoms with Crippen molar-refractivity contribution in [2.75, 3.05) is 18.0 Å². The number of fused-ring (bicyclic) bond motifs is 1. The van der Waals surface area contributed by atoms with E-state index in [1.165, 1.54) is 0 Å². The predicted octanol–water partition coefficient (Wildman–Crippen LogP) is 2.08. The largest absolute Gasteiger partial charge is 0.389 e. The molecule has 0 radical (unpaired) electrons. The van der Waals surface area contributed by atoms with E-state index in [0.29, 0.717) is 28.4 Å². The van der Waals surface area contributed by atoms with Crippen LogP contribution in [0.5, 0.6) is 0 Å². The summed E-state index contributed by atoms with van der Waals surface area (Å²) in [4.78, 5) is 14.2. The lowest BCUT2D eigenvalue weighted by molar-refractivity contribution is -0.124. The molecular weight excluding hydrogens is 306 g/mol. The number of carbonyl (C=O) groups excluding carboxylic acids is 1. The van der Waals surface area contributed by atoms with Gasteiger partial charge in [-0.2, -0.15) is 0 Å². The molecule has 21 heavy (non-hydrogen) atoms. The molecule has 0 saturated carbocycles. The molecule has 0 aliphatic carbocycles. The second kappa shape index (κ2) is 5.81. The van der Waals surface area contributed by atoms with Crippen LogP contribution in [0.3, 0.4) is 0 Å². The zero-order valence-electron chi connectivity index (χ0n) is 11.6. The molecule has 0 spiro atoms. The molecule has 112 valence electrons. The molecule has 1 amide bonds. The van der Waals surface area contributed by atoms with Crippen LogP contribution in [0.1, 0.15) is 24.8 Å². The second-order valence-corrected chi connectivity index (χ2v) is 6.61. The van der Waals surface area contributed by atoms with E-state index in [1.807, 2.05) is 18.2 Å². The molecule has 3 rings (SSSR count). The maximum Gasteiger partial charge on any atom is 0.220 e. The molecule has 2 aliphatic heterocycles. The number of benzene rings is 1. The molecule has 2 atom stereocenters. The Kier molecular flexibility index (Phi) is 4.04. The molecule has 0 bridgehead atoms. The van der Waals surface area contributed by atoms with Crippen molar-refractivity contribution in [2.45, 2.75) is 25.3 Å². The molecule has 2 fully saturated rings. The van der Waals surface area contributed by atoms with Gasteiger partial charge < -0.3 is 16.0 Å². The first-order chi connectivity index (χ1) is 10.0.